The fraction of sp³-hybridized carbons (Fsp3) is 0.800. The summed E-state index contributed by atoms with van der Waals surface area (Å²) in [6, 6.07) is 0. The van der Waals surface area contributed by atoms with Crippen LogP contribution >= 0.6 is 23.4 Å². The zero-order valence-corrected chi connectivity index (χ0v) is 9.70. The summed E-state index contributed by atoms with van der Waals surface area (Å²) in [6.07, 6.45) is 5.96. The molecule has 1 rings (SSSR count). The van der Waals surface area contributed by atoms with Gasteiger partial charge in [0.25, 0.3) is 0 Å². The Bertz CT molecular complexity index is 212. The van der Waals surface area contributed by atoms with Crippen LogP contribution in [0.15, 0.2) is 0 Å². The van der Waals surface area contributed by atoms with E-state index in [1.807, 2.05) is 0 Å². The average molecular weight is 235 g/mol. The average Bonchev–Trinajstić information content (AvgIpc) is 2.18. The van der Waals surface area contributed by atoms with E-state index in [9.17, 15) is 9.59 Å². The molecule has 0 N–H and O–H groups in total. The molecule has 0 heterocycles. The predicted octanol–water partition coefficient (Wildman–Crippen LogP) is 2.98. The molecule has 0 saturated heterocycles. The van der Waals surface area contributed by atoms with Gasteiger partial charge >= 0.3 is 0 Å². The maximum absolute atomic E-state index is 11.6. The van der Waals surface area contributed by atoms with Gasteiger partial charge < -0.3 is 0 Å². The molecule has 0 unspecified atom stereocenters. The lowest BCUT2D eigenvalue weighted by Gasteiger charge is -2.19. The van der Waals surface area contributed by atoms with E-state index in [0.29, 0.717) is 12.2 Å². The van der Waals surface area contributed by atoms with E-state index >= 15 is 0 Å². The second-order valence-corrected chi connectivity index (χ2v) is 5.13. The van der Waals surface area contributed by atoms with Crippen molar-refractivity contribution in [1.29, 1.82) is 0 Å². The van der Waals surface area contributed by atoms with Crippen molar-refractivity contribution in [3.63, 3.8) is 0 Å². The summed E-state index contributed by atoms with van der Waals surface area (Å²) in [5.41, 5.74) is 0. The summed E-state index contributed by atoms with van der Waals surface area (Å²) in [5, 5.41) is -0.100. The molecule has 1 saturated carbocycles. The molecular formula is C10H15ClO2S. The van der Waals surface area contributed by atoms with Crippen LogP contribution in [-0.2, 0) is 9.59 Å². The summed E-state index contributed by atoms with van der Waals surface area (Å²) in [4.78, 5) is 22.0. The van der Waals surface area contributed by atoms with Gasteiger partial charge in [-0.15, -0.1) is 0 Å². The molecule has 0 bridgehead atoms. The molecule has 0 radical (unpaired) electrons. The zero-order chi connectivity index (χ0) is 10.4. The number of hydrogen-bond donors (Lipinski definition) is 0. The van der Waals surface area contributed by atoms with Gasteiger partial charge in [0.05, 0.1) is 0 Å². The van der Waals surface area contributed by atoms with E-state index in [1.54, 1.807) is 0 Å². The Balaban J connectivity index is 2.16. The second kappa shape index (κ2) is 6.46. The Morgan fingerprint density at radius 2 is 1.86 bits per heavy atom. The van der Waals surface area contributed by atoms with Crippen LogP contribution < -0.4 is 0 Å². The number of thioether (sulfide) groups is 1. The van der Waals surface area contributed by atoms with Gasteiger partial charge in [0, 0.05) is 18.1 Å². The van der Waals surface area contributed by atoms with Crippen LogP contribution in [0.4, 0.5) is 0 Å². The number of carbonyl (C=O) groups excluding carboxylic acids is 2. The van der Waals surface area contributed by atoms with E-state index in [1.165, 1.54) is 31.0 Å². The molecular weight excluding hydrogens is 220 g/mol. The quantitative estimate of drug-likeness (QED) is 0.702. The maximum atomic E-state index is 11.6. The van der Waals surface area contributed by atoms with E-state index < -0.39 is 0 Å². The third-order valence-corrected chi connectivity index (χ3v) is 3.70. The molecule has 2 nitrogen and oxygen atoms in total. The number of rotatable bonds is 4. The van der Waals surface area contributed by atoms with Crippen molar-refractivity contribution in [3.05, 3.63) is 0 Å². The van der Waals surface area contributed by atoms with Crippen LogP contribution in [0, 0.1) is 5.92 Å². The normalized spacial score (nSPS) is 18.1. The van der Waals surface area contributed by atoms with Gasteiger partial charge in [-0.2, -0.15) is 0 Å². The highest BCUT2D eigenvalue weighted by Gasteiger charge is 2.21. The second-order valence-electron chi connectivity index (χ2n) is 3.61. The minimum atomic E-state index is -0.353. The van der Waals surface area contributed by atoms with Crippen molar-refractivity contribution < 1.29 is 9.59 Å². The van der Waals surface area contributed by atoms with Gasteiger partial charge in [-0.1, -0.05) is 31.0 Å². The zero-order valence-electron chi connectivity index (χ0n) is 8.13. The SMILES string of the molecule is O=C(Cl)CCSC(=O)C1CCCCC1. The van der Waals surface area contributed by atoms with Crippen LogP contribution in [0.25, 0.3) is 0 Å². The molecule has 80 valence electrons. The molecule has 0 atom stereocenters. The third-order valence-electron chi connectivity index (χ3n) is 2.48. The molecule has 0 aromatic rings. The first-order chi connectivity index (χ1) is 6.70. The number of carbonyl (C=O) groups is 2. The largest absolute Gasteiger partial charge is 0.287 e. The van der Waals surface area contributed by atoms with Crippen molar-refractivity contribution >= 4 is 33.7 Å². The van der Waals surface area contributed by atoms with Gasteiger partial charge in [-0.25, -0.2) is 0 Å². The Morgan fingerprint density at radius 1 is 1.21 bits per heavy atom. The van der Waals surface area contributed by atoms with Crippen LogP contribution in [0.3, 0.4) is 0 Å². The minimum absolute atomic E-state index is 0.235. The fourth-order valence-electron chi connectivity index (χ4n) is 1.69. The fourth-order valence-corrected chi connectivity index (χ4v) is 2.85. The molecule has 1 aliphatic carbocycles. The summed E-state index contributed by atoms with van der Waals surface area (Å²) >= 11 is 6.45. The summed E-state index contributed by atoms with van der Waals surface area (Å²) < 4.78 is 0. The highest BCUT2D eigenvalue weighted by atomic mass is 35.5. The first kappa shape index (κ1) is 12.1. The Hall–Kier alpha value is -0.0200. The van der Waals surface area contributed by atoms with Crippen LogP contribution in [0.2, 0.25) is 0 Å². The van der Waals surface area contributed by atoms with Crippen molar-refractivity contribution in [2.75, 3.05) is 5.75 Å². The predicted molar refractivity (Wildman–Crippen MR) is 59.5 cm³/mol. The summed E-state index contributed by atoms with van der Waals surface area (Å²) in [5.74, 6) is 0.775. The maximum Gasteiger partial charge on any atom is 0.222 e. The lowest BCUT2D eigenvalue weighted by Crippen LogP contribution is -2.15. The van der Waals surface area contributed by atoms with Gasteiger partial charge in [-0.3, -0.25) is 9.59 Å². The molecule has 0 aromatic heterocycles. The molecule has 0 aromatic carbocycles. The van der Waals surface area contributed by atoms with Gasteiger partial charge in [0.1, 0.15) is 0 Å². The molecule has 14 heavy (non-hydrogen) atoms. The monoisotopic (exact) mass is 234 g/mol. The van der Waals surface area contributed by atoms with Gasteiger partial charge in [0.2, 0.25) is 5.24 Å². The van der Waals surface area contributed by atoms with Crippen molar-refractivity contribution in [2.45, 2.75) is 38.5 Å². The number of halogens is 1. The summed E-state index contributed by atoms with van der Waals surface area (Å²) in [6.45, 7) is 0. The first-order valence-corrected chi connectivity index (χ1v) is 6.41. The highest BCUT2D eigenvalue weighted by molar-refractivity contribution is 8.13. The lowest BCUT2D eigenvalue weighted by molar-refractivity contribution is -0.115. The molecule has 0 spiro atoms. The van der Waals surface area contributed by atoms with E-state index in [4.69, 9.17) is 11.6 Å². The van der Waals surface area contributed by atoms with Gasteiger partial charge in [0.15, 0.2) is 5.12 Å². The van der Waals surface area contributed by atoms with Crippen molar-refractivity contribution in [2.24, 2.45) is 5.92 Å². The Kier molecular flexibility index (Phi) is 5.56. The van der Waals surface area contributed by atoms with Gasteiger partial charge in [-0.05, 0) is 24.4 Å². The third kappa shape index (κ3) is 4.47. The van der Waals surface area contributed by atoms with Crippen LogP contribution in [0.1, 0.15) is 38.5 Å². The molecule has 1 fully saturated rings. The molecule has 4 heteroatoms. The molecule has 0 aliphatic heterocycles. The number of hydrogen-bond acceptors (Lipinski definition) is 3. The van der Waals surface area contributed by atoms with E-state index in [-0.39, 0.29) is 16.3 Å². The minimum Gasteiger partial charge on any atom is -0.287 e. The smallest absolute Gasteiger partial charge is 0.222 e. The van der Waals surface area contributed by atoms with Crippen molar-refractivity contribution in [3.8, 4) is 0 Å². The summed E-state index contributed by atoms with van der Waals surface area (Å²) in [7, 11) is 0. The Labute approximate surface area is 93.8 Å². The topological polar surface area (TPSA) is 34.1 Å². The first-order valence-electron chi connectivity index (χ1n) is 5.05. The van der Waals surface area contributed by atoms with E-state index in [2.05, 4.69) is 0 Å². The molecule has 1 aliphatic rings. The Morgan fingerprint density at radius 3 is 2.43 bits per heavy atom. The van der Waals surface area contributed by atoms with Crippen LogP contribution in [0.5, 0.6) is 0 Å². The van der Waals surface area contributed by atoms with Crippen LogP contribution in [-0.4, -0.2) is 16.1 Å². The molecule has 0 amide bonds. The highest BCUT2D eigenvalue weighted by Crippen LogP contribution is 2.28. The van der Waals surface area contributed by atoms with E-state index in [0.717, 1.165) is 12.8 Å². The van der Waals surface area contributed by atoms with Crippen molar-refractivity contribution in [1.82, 2.24) is 0 Å². The lowest BCUT2D eigenvalue weighted by atomic mass is 9.90. The standard InChI is InChI=1S/C10H15ClO2S/c11-9(12)6-7-14-10(13)8-4-2-1-3-5-8/h8H,1-7H2.